The van der Waals surface area contributed by atoms with E-state index in [0.29, 0.717) is 18.7 Å². The van der Waals surface area contributed by atoms with Crippen molar-refractivity contribution in [2.75, 3.05) is 20.1 Å². The predicted octanol–water partition coefficient (Wildman–Crippen LogP) is 0.785. The van der Waals surface area contributed by atoms with Crippen LogP contribution in [0.4, 0.5) is 4.39 Å². The zero-order chi connectivity index (χ0) is 11.3. The molecule has 0 aromatic heterocycles. The summed E-state index contributed by atoms with van der Waals surface area (Å²) in [7, 11) is 1.66. The summed E-state index contributed by atoms with van der Waals surface area (Å²) >= 11 is 0. The van der Waals surface area contributed by atoms with E-state index in [2.05, 4.69) is 0 Å². The minimum Gasteiger partial charge on any atom is -0.344 e. The highest BCUT2D eigenvalue weighted by molar-refractivity contribution is 5.78. The van der Waals surface area contributed by atoms with Crippen molar-refractivity contribution in [2.45, 2.75) is 6.42 Å². The molecule has 82 valence electrons. The molecule has 0 radical (unpaired) electrons. The maximum atomic E-state index is 13.2. The molecule has 4 heteroatoms. The van der Waals surface area contributed by atoms with Crippen LogP contribution in [-0.2, 0) is 11.2 Å². The van der Waals surface area contributed by atoms with Crippen LogP contribution in [0.25, 0.3) is 0 Å². The van der Waals surface area contributed by atoms with Crippen molar-refractivity contribution in [1.29, 1.82) is 0 Å². The summed E-state index contributed by atoms with van der Waals surface area (Å²) in [5, 5.41) is 0. The number of benzene rings is 1. The van der Waals surface area contributed by atoms with E-state index in [4.69, 9.17) is 5.73 Å². The zero-order valence-corrected chi connectivity index (χ0v) is 8.74. The van der Waals surface area contributed by atoms with Crippen molar-refractivity contribution in [3.63, 3.8) is 0 Å². The third kappa shape index (κ3) is 3.32. The molecule has 0 aliphatic heterocycles. The van der Waals surface area contributed by atoms with E-state index in [-0.39, 0.29) is 18.1 Å². The third-order valence-corrected chi connectivity index (χ3v) is 2.19. The van der Waals surface area contributed by atoms with Crippen LogP contribution >= 0.6 is 0 Å². The fourth-order valence-corrected chi connectivity index (χ4v) is 1.26. The van der Waals surface area contributed by atoms with Crippen molar-refractivity contribution in [2.24, 2.45) is 5.73 Å². The summed E-state index contributed by atoms with van der Waals surface area (Å²) < 4.78 is 13.2. The van der Waals surface area contributed by atoms with Gasteiger partial charge in [0.25, 0.3) is 0 Å². The maximum absolute atomic E-state index is 13.2. The number of amides is 1. The van der Waals surface area contributed by atoms with Gasteiger partial charge < -0.3 is 10.6 Å². The van der Waals surface area contributed by atoms with Gasteiger partial charge in [-0.1, -0.05) is 18.2 Å². The Morgan fingerprint density at radius 1 is 1.47 bits per heavy atom. The Morgan fingerprint density at radius 3 is 2.73 bits per heavy atom. The van der Waals surface area contributed by atoms with Gasteiger partial charge in [-0.15, -0.1) is 0 Å². The number of likely N-dealkylation sites (N-methyl/N-ethyl adjacent to an activating group) is 1. The number of carbonyl (C=O) groups excluding carboxylic acids is 1. The van der Waals surface area contributed by atoms with Crippen molar-refractivity contribution >= 4 is 5.91 Å². The number of carbonyl (C=O) groups is 1. The SMILES string of the molecule is CN(CCN)C(=O)Cc1ccccc1F. The maximum Gasteiger partial charge on any atom is 0.226 e. The van der Waals surface area contributed by atoms with Crippen molar-refractivity contribution in [3.8, 4) is 0 Å². The lowest BCUT2D eigenvalue weighted by Crippen LogP contribution is -2.32. The molecule has 0 unspecified atom stereocenters. The van der Waals surface area contributed by atoms with Gasteiger partial charge in [0.15, 0.2) is 0 Å². The molecule has 1 amide bonds. The van der Waals surface area contributed by atoms with E-state index in [1.54, 1.807) is 25.2 Å². The van der Waals surface area contributed by atoms with E-state index in [0.717, 1.165) is 0 Å². The lowest BCUT2D eigenvalue weighted by atomic mass is 10.1. The predicted molar refractivity (Wildman–Crippen MR) is 56.8 cm³/mol. The molecule has 0 atom stereocenters. The molecule has 0 spiro atoms. The molecule has 15 heavy (non-hydrogen) atoms. The first-order valence-electron chi connectivity index (χ1n) is 4.82. The molecule has 3 nitrogen and oxygen atoms in total. The average molecular weight is 210 g/mol. The number of nitrogens with two attached hydrogens (primary N) is 1. The number of rotatable bonds is 4. The standard InChI is InChI=1S/C11H15FN2O/c1-14(7-6-13)11(15)8-9-4-2-3-5-10(9)12/h2-5H,6-8,13H2,1H3. The third-order valence-electron chi connectivity index (χ3n) is 2.19. The molecular formula is C11H15FN2O. The molecule has 0 aliphatic rings. The first kappa shape index (κ1) is 11.7. The molecule has 2 N–H and O–H groups in total. The van der Waals surface area contributed by atoms with Gasteiger partial charge in [-0.3, -0.25) is 4.79 Å². The van der Waals surface area contributed by atoms with Gasteiger partial charge >= 0.3 is 0 Å². The number of hydrogen-bond donors (Lipinski definition) is 1. The van der Waals surface area contributed by atoms with Gasteiger partial charge in [0, 0.05) is 20.1 Å². The lowest BCUT2D eigenvalue weighted by molar-refractivity contribution is -0.129. The summed E-state index contributed by atoms with van der Waals surface area (Å²) in [5.41, 5.74) is 5.75. The minimum atomic E-state index is -0.341. The van der Waals surface area contributed by atoms with Gasteiger partial charge in [0.2, 0.25) is 5.91 Å². The largest absolute Gasteiger partial charge is 0.344 e. The van der Waals surface area contributed by atoms with Crippen LogP contribution in [0.3, 0.4) is 0 Å². The highest BCUT2D eigenvalue weighted by Gasteiger charge is 2.10. The van der Waals surface area contributed by atoms with E-state index in [1.165, 1.54) is 11.0 Å². The second kappa shape index (κ2) is 5.46. The second-order valence-corrected chi connectivity index (χ2v) is 3.37. The summed E-state index contributed by atoms with van der Waals surface area (Å²) in [5.74, 6) is -0.461. The van der Waals surface area contributed by atoms with Gasteiger partial charge in [-0.25, -0.2) is 4.39 Å². The Labute approximate surface area is 88.7 Å². The summed E-state index contributed by atoms with van der Waals surface area (Å²) in [6.07, 6.45) is 0.0865. The number of halogens is 1. The Bertz CT molecular complexity index is 341. The molecule has 0 aliphatic carbocycles. The van der Waals surface area contributed by atoms with Crippen molar-refractivity contribution in [1.82, 2.24) is 4.90 Å². The van der Waals surface area contributed by atoms with E-state index in [9.17, 15) is 9.18 Å². The topological polar surface area (TPSA) is 46.3 Å². The smallest absolute Gasteiger partial charge is 0.226 e. The van der Waals surface area contributed by atoms with Gasteiger partial charge in [0.05, 0.1) is 6.42 Å². The molecule has 0 saturated heterocycles. The number of nitrogens with zero attached hydrogens (tertiary/aromatic N) is 1. The second-order valence-electron chi connectivity index (χ2n) is 3.37. The monoisotopic (exact) mass is 210 g/mol. The fourth-order valence-electron chi connectivity index (χ4n) is 1.26. The van der Waals surface area contributed by atoms with Gasteiger partial charge in [-0.2, -0.15) is 0 Å². The first-order chi connectivity index (χ1) is 7.15. The van der Waals surface area contributed by atoms with Gasteiger partial charge in [-0.05, 0) is 11.6 Å². The van der Waals surface area contributed by atoms with Crippen LogP contribution in [0.1, 0.15) is 5.56 Å². The molecule has 0 saturated carbocycles. The van der Waals surface area contributed by atoms with Crippen molar-refractivity contribution in [3.05, 3.63) is 35.6 Å². The molecule has 0 bridgehead atoms. The molecule has 1 aromatic rings. The molecule has 1 rings (SSSR count). The van der Waals surface area contributed by atoms with Crippen molar-refractivity contribution < 1.29 is 9.18 Å². The molecule has 1 aromatic carbocycles. The van der Waals surface area contributed by atoms with E-state index in [1.807, 2.05) is 0 Å². The summed E-state index contributed by atoms with van der Waals surface area (Å²) in [6, 6.07) is 6.29. The Hall–Kier alpha value is -1.42. The summed E-state index contributed by atoms with van der Waals surface area (Å²) in [4.78, 5) is 13.1. The van der Waals surface area contributed by atoms with Crippen LogP contribution in [0, 0.1) is 5.82 Å². The fraction of sp³-hybridized carbons (Fsp3) is 0.364. The van der Waals surface area contributed by atoms with Crippen LogP contribution in [-0.4, -0.2) is 30.9 Å². The molecular weight excluding hydrogens is 195 g/mol. The normalized spacial score (nSPS) is 10.1. The highest BCUT2D eigenvalue weighted by Crippen LogP contribution is 2.07. The molecule has 0 fully saturated rings. The lowest BCUT2D eigenvalue weighted by Gasteiger charge is -2.15. The van der Waals surface area contributed by atoms with Gasteiger partial charge in [0.1, 0.15) is 5.82 Å². The van der Waals surface area contributed by atoms with Crippen LogP contribution < -0.4 is 5.73 Å². The highest BCUT2D eigenvalue weighted by atomic mass is 19.1. The minimum absolute atomic E-state index is 0.0865. The Morgan fingerprint density at radius 2 is 2.13 bits per heavy atom. The Balaban J connectivity index is 2.62. The Kier molecular flexibility index (Phi) is 4.24. The van der Waals surface area contributed by atoms with E-state index < -0.39 is 0 Å². The zero-order valence-electron chi connectivity index (χ0n) is 8.74. The van der Waals surface area contributed by atoms with Crippen LogP contribution in [0.15, 0.2) is 24.3 Å². The van der Waals surface area contributed by atoms with Crippen LogP contribution in [0.5, 0.6) is 0 Å². The summed E-state index contributed by atoms with van der Waals surface area (Å²) in [6.45, 7) is 0.910. The average Bonchev–Trinajstić information content (AvgIpc) is 2.21. The first-order valence-corrected chi connectivity index (χ1v) is 4.82. The number of hydrogen-bond acceptors (Lipinski definition) is 2. The van der Waals surface area contributed by atoms with Crippen LogP contribution in [0.2, 0.25) is 0 Å². The quantitative estimate of drug-likeness (QED) is 0.798. The van der Waals surface area contributed by atoms with E-state index >= 15 is 0 Å². The molecule has 0 heterocycles.